The average Bonchev–Trinajstić information content (AvgIpc) is 2.94. The molecule has 2 amide bonds. The molecule has 130 valence electrons. The van der Waals surface area contributed by atoms with E-state index >= 15 is 0 Å². The molecule has 1 aliphatic carbocycles. The Balaban J connectivity index is 1.59. The highest BCUT2D eigenvalue weighted by atomic mass is 32.1. The predicted octanol–water partition coefficient (Wildman–Crippen LogP) is 2.67. The van der Waals surface area contributed by atoms with E-state index in [2.05, 4.69) is 15.6 Å². The number of benzene rings is 1. The summed E-state index contributed by atoms with van der Waals surface area (Å²) >= 11 is 1.20. The maximum absolute atomic E-state index is 12.2. The lowest BCUT2D eigenvalue weighted by Gasteiger charge is -2.26. The average molecular weight is 357 g/mol. The van der Waals surface area contributed by atoms with Gasteiger partial charge in [0.25, 0.3) is 5.91 Å². The molecule has 0 spiro atoms. The first-order valence-electron chi connectivity index (χ1n) is 8.00. The number of thiazole rings is 1. The normalized spacial score (nSPS) is 15.4. The molecule has 25 heavy (non-hydrogen) atoms. The second-order valence-corrected chi connectivity index (χ2v) is 7.83. The number of hydrogen-bond donors (Lipinski definition) is 2. The van der Waals surface area contributed by atoms with Crippen molar-refractivity contribution in [1.29, 1.82) is 0 Å². The zero-order valence-corrected chi connectivity index (χ0v) is 14.9. The summed E-state index contributed by atoms with van der Waals surface area (Å²) in [4.78, 5) is 41.1. The van der Waals surface area contributed by atoms with Crippen molar-refractivity contribution in [2.45, 2.75) is 26.7 Å². The molecule has 1 aromatic carbocycles. The molecule has 0 atom stereocenters. The lowest BCUT2D eigenvalue weighted by Crippen LogP contribution is -2.32. The van der Waals surface area contributed by atoms with E-state index in [4.69, 9.17) is 0 Å². The second kappa shape index (κ2) is 6.76. The lowest BCUT2D eigenvalue weighted by molar-refractivity contribution is -0.115. The number of rotatable bonds is 4. The molecule has 0 radical (unpaired) electrons. The molecular weight excluding hydrogens is 338 g/mol. The third-order valence-electron chi connectivity index (χ3n) is 3.93. The number of carbonyl (C=O) groups excluding carboxylic acids is 3. The Bertz CT molecular complexity index is 827. The van der Waals surface area contributed by atoms with E-state index < -0.39 is 0 Å². The van der Waals surface area contributed by atoms with Crippen LogP contribution < -0.4 is 10.6 Å². The van der Waals surface area contributed by atoms with Crippen molar-refractivity contribution >= 4 is 34.1 Å². The summed E-state index contributed by atoms with van der Waals surface area (Å²) in [6.07, 6.45) is 1.20. The van der Waals surface area contributed by atoms with Crippen LogP contribution in [0.3, 0.4) is 0 Å². The third kappa shape index (κ3) is 4.11. The van der Waals surface area contributed by atoms with Gasteiger partial charge in [-0.25, -0.2) is 4.98 Å². The van der Waals surface area contributed by atoms with Crippen LogP contribution in [0.2, 0.25) is 0 Å². The number of nitrogens with one attached hydrogen (secondary N) is 2. The number of aromatic nitrogens is 1. The van der Waals surface area contributed by atoms with E-state index in [1.807, 2.05) is 19.9 Å². The Morgan fingerprint density at radius 2 is 1.92 bits per heavy atom. The van der Waals surface area contributed by atoms with E-state index in [9.17, 15) is 14.4 Å². The van der Waals surface area contributed by atoms with Gasteiger partial charge in [-0.2, -0.15) is 0 Å². The van der Waals surface area contributed by atoms with Crippen LogP contribution in [0.5, 0.6) is 0 Å². The van der Waals surface area contributed by atoms with E-state index in [1.54, 1.807) is 24.3 Å². The molecule has 0 unspecified atom stereocenters. The fourth-order valence-electron chi connectivity index (χ4n) is 2.79. The predicted molar refractivity (Wildman–Crippen MR) is 96.0 cm³/mol. The molecule has 0 bridgehead atoms. The second-order valence-electron chi connectivity index (χ2n) is 6.83. The van der Waals surface area contributed by atoms with Gasteiger partial charge in [0.1, 0.15) is 0 Å². The maximum Gasteiger partial charge on any atom is 0.251 e. The SMILES string of the molecule is CC1(C)CC(=O)c2sc(NC(=O)CNC(=O)c3ccccc3)nc2C1. The Labute approximate surface area is 149 Å². The van der Waals surface area contributed by atoms with Gasteiger partial charge in [-0.3, -0.25) is 14.4 Å². The molecule has 1 heterocycles. The molecule has 6 nitrogen and oxygen atoms in total. The van der Waals surface area contributed by atoms with Crippen LogP contribution in [-0.4, -0.2) is 29.1 Å². The molecule has 2 N–H and O–H groups in total. The number of nitrogens with zero attached hydrogens (tertiary/aromatic N) is 1. The number of Topliss-reactive ketones (excluding diaryl/α,β-unsaturated/α-hetero) is 1. The van der Waals surface area contributed by atoms with Crippen molar-refractivity contribution in [3.8, 4) is 0 Å². The van der Waals surface area contributed by atoms with Crippen LogP contribution in [0.15, 0.2) is 30.3 Å². The van der Waals surface area contributed by atoms with Crippen LogP contribution in [0.25, 0.3) is 0 Å². The smallest absolute Gasteiger partial charge is 0.251 e. The van der Waals surface area contributed by atoms with Gasteiger partial charge < -0.3 is 10.6 Å². The van der Waals surface area contributed by atoms with Crippen molar-refractivity contribution < 1.29 is 14.4 Å². The number of anilines is 1. The number of carbonyl (C=O) groups is 3. The minimum Gasteiger partial charge on any atom is -0.343 e. The number of hydrogen-bond acceptors (Lipinski definition) is 5. The number of ketones is 1. The van der Waals surface area contributed by atoms with Crippen LogP contribution in [0.1, 0.15) is 46.0 Å². The molecular formula is C18H19N3O3S. The van der Waals surface area contributed by atoms with Gasteiger partial charge in [0.2, 0.25) is 5.91 Å². The summed E-state index contributed by atoms with van der Waals surface area (Å²) in [7, 11) is 0. The highest BCUT2D eigenvalue weighted by molar-refractivity contribution is 7.17. The summed E-state index contributed by atoms with van der Waals surface area (Å²) in [5, 5.41) is 5.62. The summed E-state index contributed by atoms with van der Waals surface area (Å²) in [6.45, 7) is 3.91. The monoisotopic (exact) mass is 357 g/mol. The van der Waals surface area contributed by atoms with Crippen molar-refractivity contribution in [3.63, 3.8) is 0 Å². The van der Waals surface area contributed by atoms with Crippen LogP contribution in [0.4, 0.5) is 5.13 Å². The molecule has 1 aromatic heterocycles. The Kier molecular flexibility index (Phi) is 4.67. The Morgan fingerprint density at radius 3 is 2.64 bits per heavy atom. The number of fused-ring (bicyclic) bond motifs is 1. The maximum atomic E-state index is 12.2. The van der Waals surface area contributed by atoms with Gasteiger partial charge in [0.15, 0.2) is 10.9 Å². The van der Waals surface area contributed by atoms with Gasteiger partial charge in [-0.15, -0.1) is 0 Å². The van der Waals surface area contributed by atoms with E-state index in [1.165, 1.54) is 11.3 Å². The van der Waals surface area contributed by atoms with Gasteiger partial charge in [0.05, 0.1) is 17.1 Å². The van der Waals surface area contributed by atoms with Crippen LogP contribution in [-0.2, 0) is 11.2 Å². The van der Waals surface area contributed by atoms with Gasteiger partial charge in [-0.1, -0.05) is 43.4 Å². The fraction of sp³-hybridized carbons (Fsp3) is 0.333. The van der Waals surface area contributed by atoms with Gasteiger partial charge >= 0.3 is 0 Å². The zero-order valence-electron chi connectivity index (χ0n) is 14.1. The van der Waals surface area contributed by atoms with Crippen molar-refractivity contribution in [1.82, 2.24) is 10.3 Å². The molecule has 0 saturated heterocycles. The van der Waals surface area contributed by atoms with Crippen molar-refractivity contribution in [3.05, 3.63) is 46.5 Å². The van der Waals surface area contributed by atoms with Crippen molar-refractivity contribution in [2.75, 3.05) is 11.9 Å². The first-order valence-corrected chi connectivity index (χ1v) is 8.82. The van der Waals surface area contributed by atoms with E-state index in [-0.39, 0.29) is 29.6 Å². The summed E-state index contributed by atoms with van der Waals surface area (Å²) < 4.78 is 0. The largest absolute Gasteiger partial charge is 0.343 e. The molecule has 0 aliphatic heterocycles. The minimum atomic E-state index is -0.373. The Morgan fingerprint density at radius 1 is 1.20 bits per heavy atom. The first kappa shape index (κ1) is 17.3. The first-order chi connectivity index (χ1) is 11.8. The molecule has 0 saturated carbocycles. The zero-order chi connectivity index (χ0) is 18.0. The highest BCUT2D eigenvalue weighted by Crippen LogP contribution is 2.38. The fourth-order valence-corrected chi connectivity index (χ4v) is 3.72. The lowest BCUT2D eigenvalue weighted by atomic mass is 9.78. The quantitative estimate of drug-likeness (QED) is 0.880. The Hall–Kier alpha value is -2.54. The standard InChI is InChI=1S/C18H19N3O3S/c1-18(2)8-12-15(13(22)9-18)25-17(20-12)21-14(23)10-19-16(24)11-6-4-3-5-7-11/h3-7H,8-10H2,1-2H3,(H,19,24)(H,20,21,23). The third-order valence-corrected chi connectivity index (χ3v) is 4.98. The minimum absolute atomic E-state index is 0.0710. The van der Waals surface area contributed by atoms with Crippen LogP contribution >= 0.6 is 11.3 Å². The van der Waals surface area contributed by atoms with E-state index in [0.717, 1.165) is 5.69 Å². The molecule has 2 aromatic rings. The molecule has 1 aliphatic rings. The molecule has 0 fully saturated rings. The topological polar surface area (TPSA) is 88.2 Å². The van der Waals surface area contributed by atoms with Gasteiger partial charge in [0, 0.05) is 12.0 Å². The van der Waals surface area contributed by atoms with Crippen LogP contribution in [0, 0.1) is 5.41 Å². The summed E-state index contributed by atoms with van der Waals surface area (Å²) in [5.41, 5.74) is 1.13. The van der Waals surface area contributed by atoms with E-state index in [0.29, 0.717) is 28.4 Å². The summed E-state index contributed by atoms with van der Waals surface area (Å²) in [5.74, 6) is -0.616. The number of amides is 2. The van der Waals surface area contributed by atoms with Crippen molar-refractivity contribution in [2.24, 2.45) is 5.41 Å². The molecule has 3 rings (SSSR count). The highest BCUT2D eigenvalue weighted by Gasteiger charge is 2.34. The summed E-state index contributed by atoms with van der Waals surface area (Å²) in [6, 6.07) is 8.68. The molecule has 7 heteroatoms. The van der Waals surface area contributed by atoms with Gasteiger partial charge in [-0.05, 0) is 24.0 Å².